The van der Waals surface area contributed by atoms with E-state index in [0.29, 0.717) is 0 Å². The van der Waals surface area contributed by atoms with Crippen molar-refractivity contribution in [3.05, 3.63) is 29.1 Å². The van der Waals surface area contributed by atoms with Gasteiger partial charge >= 0.3 is 0 Å². The molecule has 1 aliphatic carbocycles. The molecule has 86 valence electrons. The lowest BCUT2D eigenvalue weighted by molar-refractivity contribution is 0.173. The highest BCUT2D eigenvalue weighted by Crippen LogP contribution is 2.48. The summed E-state index contributed by atoms with van der Waals surface area (Å²) in [6, 6.07) is 4.45. The van der Waals surface area contributed by atoms with Crippen LogP contribution in [0.1, 0.15) is 35.8 Å². The number of aryl methyl sites for hydroxylation is 1. The van der Waals surface area contributed by atoms with Crippen molar-refractivity contribution in [2.24, 2.45) is 11.1 Å². The van der Waals surface area contributed by atoms with Crippen molar-refractivity contribution in [1.82, 2.24) is 10.3 Å². The van der Waals surface area contributed by atoms with Crippen LogP contribution in [0, 0.1) is 12.3 Å². The molecule has 1 atom stereocenters. The van der Waals surface area contributed by atoms with Gasteiger partial charge in [-0.3, -0.25) is 4.98 Å². The average molecular weight is 217 g/mol. The summed E-state index contributed by atoms with van der Waals surface area (Å²) in [5.74, 6) is 0. The summed E-state index contributed by atoms with van der Waals surface area (Å²) in [5.41, 5.74) is 10.4. The fourth-order valence-corrected chi connectivity index (χ4v) is 3.23. The third-order valence-electron chi connectivity index (χ3n) is 4.26. The number of fused-ring (bicyclic) bond motifs is 1. The van der Waals surface area contributed by atoms with Crippen LogP contribution in [-0.4, -0.2) is 18.1 Å². The highest BCUT2D eigenvalue weighted by molar-refractivity contribution is 5.34. The number of piperidine rings is 1. The maximum absolute atomic E-state index is 6.44. The fourth-order valence-electron chi connectivity index (χ4n) is 3.23. The summed E-state index contributed by atoms with van der Waals surface area (Å²) in [7, 11) is 0. The number of nitrogens with zero attached hydrogens (tertiary/aromatic N) is 1. The smallest absolute Gasteiger partial charge is 0.0460 e. The topological polar surface area (TPSA) is 50.9 Å². The van der Waals surface area contributed by atoms with Gasteiger partial charge in [0.1, 0.15) is 0 Å². The molecule has 3 nitrogen and oxygen atoms in total. The van der Waals surface area contributed by atoms with Crippen LogP contribution < -0.4 is 11.1 Å². The van der Waals surface area contributed by atoms with Crippen molar-refractivity contribution in [2.75, 3.05) is 13.1 Å². The third kappa shape index (κ3) is 1.39. The third-order valence-corrected chi connectivity index (χ3v) is 4.26. The van der Waals surface area contributed by atoms with Crippen LogP contribution >= 0.6 is 0 Å². The summed E-state index contributed by atoms with van der Waals surface area (Å²) in [6.45, 7) is 4.25. The Morgan fingerprint density at radius 3 is 2.88 bits per heavy atom. The molecule has 0 bridgehead atoms. The zero-order valence-corrected chi connectivity index (χ0v) is 9.79. The van der Waals surface area contributed by atoms with Crippen molar-refractivity contribution in [1.29, 1.82) is 0 Å². The first kappa shape index (κ1) is 10.2. The second-order valence-corrected chi connectivity index (χ2v) is 5.26. The van der Waals surface area contributed by atoms with Gasteiger partial charge in [-0.25, -0.2) is 0 Å². The van der Waals surface area contributed by atoms with Crippen LogP contribution in [0.25, 0.3) is 0 Å². The predicted octanol–water partition coefficient (Wildman–Crippen LogP) is 1.32. The van der Waals surface area contributed by atoms with E-state index >= 15 is 0 Å². The first-order valence-electron chi connectivity index (χ1n) is 6.14. The lowest BCUT2D eigenvalue weighted by atomic mass is 9.74. The van der Waals surface area contributed by atoms with E-state index in [1.54, 1.807) is 0 Å². The molecule has 2 heterocycles. The standard InChI is InChI=1S/C13H19N3/c1-9-2-3-10-11(16-9)8-13(12(10)14)4-6-15-7-5-13/h2-3,12,15H,4-8,14H2,1H3/t12-/m0/s1. The summed E-state index contributed by atoms with van der Waals surface area (Å²) < 4.78 is 0. The molecule has 0 saturated carbocycles. The monoisotopic (exact) mass is 217 g/mol. The quantitative estimate of drug-likeness (QED) is 0.689. The van der Waals surface area contributed by atoms with E-state index in [1.165, 1.54) is 24.1 Å². The maximum Gasteiger partial charge on any atom is 0.0460 e. The van der Waals surface area contributed by atoms with Gasteiger partial charge in [0.2, 0.25) is 0 Å². The van der Waals surface area contributed by atoms with Crippen LogP contribution in [0.15, 0.2) is 12.1 Å². The summed E-state index contributed by atoms with van der Waals surface area (Å²) in [5, 5.41) is 3.42. The molecule has 3 rings (SSSR count). The van der Waals surface area contributed by atoms with Gasteiger partial charge < -0.3 is 11.1 Å². The van der Waals surface area contributed by atoms with Gasteiger partial charge in [0.15, 0.2) is 0 Å². The van der Waals surface area contributed by atoms with Gasteiger partial charge in [0.25, 0.3) is 0 Å². The Hall–Kier alpha value is -0.930. The van der Waals surface area contributed by atoms with Gasteiger partial charge in [0.05, 0.1) is 0 Å². The lowest BCUT2D eigenvalue weighted by Crippen LogP contribution is -2.42. The van der Waals surface area contributed by atoms with Crippen molar-refractivity contribution >= 4 is 0 Å². The molecule has 0 radical (unpaired) electrons. The Morgan fingerprint density at radius 2 is 2.12 bits per heavy atom. The van der Waals surface area contributed by atoms with Crippen molar-refractivity contribution < 1.29 is 0 Å². The predicted molar refractivity (Wildman–Crippen MR) is 64.1 cm³/mol. The molecule has 0 aromatic carbocycles. The number of hydrogen-bond acceptors (Lipinski definition) is 3. The van der Waals surface area contributed by atoms with Gasteiger partial charge in [-0.1, -0.05) is 6.07 Å². The molecule has 16 heavy (non-hydrogen) atoms. The highest BCUT2D eigenvalue weighted by Gasteiger charge is 2.45. The second-order valence-electron chi connectivity index (χ2n) is 5.26. The first-order chi connectivity index (χ1) is 7.71. The van der Waals surface area contributed by atoms with E-state index in [1.807, 2.05) is 0 Å². The number of rotatable bonds is 0. The van der Waals surface area contributed by atoms with Crippen LogP contribution in [0.2, 0.25) is 0 Å². The Balaban J connectivity index is 1.98. The Bertz CT molecular complexity index is 408. The van der Waals surface area contributed by atoms with E-state index < -0.39 is 0 Å². The van der Waals surface area contributed by atoms with E-state index in [9.17, 15) is 0 Å². The van der Waals surface area contributed by atoms with Gasteiger partial charge in [-0.15, -0.1) is 0 Å². The molecule has 3 N–H and O–H groups in total. The fraction of sp³-hybridized carbons (Fsp3) is 0.615. The van der Waals surface area contributed by atoms with Crippen LogP contribution in [-0.2, 0) is 6.42 Å². The highest BCUT2D eigenvalue weighted by atomic mass is 14.9. The lowest BCUT2D eigenvalue weighted by Gasteiger charge is -2.37. The molecule has 2 aliphatic rings. The molecule has 1 spiro atoms. The van der Waals surface area contributed by atoms with Gasteiger partial charge in [0, 0.05) is 17.4 Å². The summed E-state index contributed by atoms with van der Waals surface area (Å²) in [4.78, 5) is 4.65. The molecule has 1 fully saturated rings. The van der Waals surface area contributed by atoms with Crippen LogP contribution in [0.5, 0.6) is 0 Å². The second kappa shape index (κ2) is 3.54. The maximum atomic E-state index is 6.44. The first-order valence-corrected chi connectivity index (χ1v) is 6.14. The Kier molecular flexibility index (Phi) is 2.26. The number of nitrogens with one attached hydrogen (secondary N) is 1. The number of aromatic nitrogens is 1. The summed E-state index contributed by atoms with van der Waals surface area (Å²) >= 11 is 0. The number of nitrogens with two attached hydrogens (primary N) is 1. The van der Waals surface area contributed by atoms with Crippen LogP contribution in [0.3, 0.4) is 0 Å². The zero-order valence-electron chi connectivity index (χ0n) is 9.79. The molecular weight excluding hydrogens is 198 g/mol. The minimum Gasteiger partial charge on any atom is -0.323 e. The van der Waals surface area contributed by atoms with Crippen molar-refractivity contribution in [3.63, 3.8) is 0 Å². The molecule has 0 unspecified atom stereocenters. The van der Waals surface area contributed by atoms with Crippen molar-refractivity contribution in [2.45, 2.75) is 32.2 Å². The molecule has 3 heteroatoms. The van der Waals surface area contributed by atoms with E-state index in [2.05, 4.69) is 29.4 Å². The summed E-state index contributed by atoms with van der Waals surface area (Å²) in [6.07, 6.45) is 3.44. The molecule has 1 saturated heterocycles. The van der Waals surface area contributed by atoms with E-state index in [4.69, 9.17) is 5.73 Å². The number of pyridine rings is 1. The van der Waals surface area contributed by atoms with Crippen molar-refractivity contribution in [3.8, 4) is 0 Å². The molecule has 1 aromatic heterocycles. The average Bonchev–Trinajstić information content (AvgIpc) is 2.53. The SMILES string of the molecule is Cc1ccc2c(n1)CC1(CCNCC1)[C@H]2N. The molecular formula is C13H19N3. The van der Waals surface area contributed by atoms with Gasteiger partial charge in [-0.2, -0.15) is 0 Å². The minimum absolute atomic E-state index is 0.192. The van der Waals surface area contributed by atoms with Gasteiger partial charge in [-0.05, 0) is 56.3 Å². The van der Waals surface area contributed by atoms with Crippen LogP contribution in [0.4, 0.5) is 0 Å². The molecule has 1 aliphatic heterocycles. The zero-order chi connectivity index (χ0) is 11.2. The Labute approximate surface area is 96.4 Å². The van der Waals surface area contributed by atoms with E-state index in [-0.39, 0.29) is 11.5 Å². The van der Waals surface area contributed by atoms with E-state index in [0.717, 1.165) is 25.2 Å². The Morgan fingerprint density at radius 1 is 1.38 bits per heavy atom. The number of hydrogen-bond donors (Lipinski definition) is 2. The normalized spacial score (nSPS) is 27.0. The molecule has 1 aromatic rings. The largest absolute Gasteiger partial charge is 0.323 e. The minimum atomic E-state index is 0.192. The molecule has 0 amide bonds.